The van der Waals surface area contributed by atoms with Gasteiger partial charge in [-0.05, 0) is 11.6 Å². The third kappa shape index (κ3) is 4.06. The number of H-pyrrole nitrogens is 1. The summed E-state index contributed by atoms with van der Waals surface area (Å²) >= 11 is 6.97. The Labute approximate surface area is 150 Å². The van der Waals surface area contributed by atoms with Gasteiger partial charge in [0.05, 0.1) is 17.8 Å². The third-order valence-corrected chi connectivity index (χ3v) is 4.40. The molecule has 0 saturated heterocycles. The quantitative estimate of drug-likeness (QED) is 0.444. The van der Waals surface area contributed by atoms with E-state index in [0.29, 0.717) is 22.1 Å². The minimum Gasteiger partial charge on any atom is -0.395 e. The third-order valence-electron chi connectivity index (χ3n) is 3.21. The van der Waals surface area contributed by atoms with Crippen molar-refractivity contribution in [2.45, 2.75) is 10.9 Å². The molecule has 0 amide bonds. The van der Waals surface area contributed by atoms with Crippen molar-refractivity contribution in [3.05, 3.63) is 51.2 Å². The number of benzene rings is 1. The van der Waals surface area contributed by atoms with Crippen LogP contribution in [0.1, 0.15) is 5.56 Å². The van der Waals surface area contributed by atoms with E-state index in [4.69, 9.17) is 16.7 Å². The van der Waals surface area contributed by atoms with Crippen LogP contribution in [0.4, 0.5) is 10.2 Å². The summed E-state index contributed by atoms with van der Waals surface area (Å²) in [5.74, 6) is 0.164. The Kier molecular flexibility index (Phi) is 5.47. The number of rotatable bonds is 6. The number of aromatic nitrogens is 4. The molecule has 0 atom stereocenters. The predicted octanol–water partition coefficient (Wildman–Crippen LogP) is 2.20. The molecule has 0 fully saturated rings. The van der Waals surface area contributed by atoms with Crippen LogP contribution in [0, 0.1) is 5.82 Å². The van der Waals surface area contributed by atoms with Gasteiger partial charge in [0.15, 0.2) is 16.6 Å². The molecule has 3 rings (SSSR count). The number of hydrogen-bond acceptors (Lipinski definition) is 7. The first kappa shape index (κ1) is 17.6. The Hall–Kier alpha value is -2.23. The molecule has 0 unspecified atom stereocenters. The first-order valence-corrected chi connectivity index (χ1v) is 8.62. The second-order valence-electron chi connectivity index (χ2n) is 4.95. The monoisotopic (exact) mass is 381 g/mol. The highest BCUT2D eigenvalue weighted by Gasteiger charge is 2.12. The summed E-state index contributed by atoms with van der Waals surface area (Å²) in [6.07, 6.45) is 1.13. The van der Waals surface area contributed by atoms with Crippen LogP contribution in [0.2, 0.25) is 5.02 Å². The van der Waals surface area contributed by atoms with E-state index in [9.17, 15) is 9.18 Å². The van der Waals surface area contributed by atoms with Crippen LogP contribution in [0.15, 0.2) is 34.3 Å². The average molecular weight is 382 g/mol. The van der Waals surface area contributed by atoms with Gasteiger partial charge in [-0.2, -0.15) is 0 Å². The van der Waals surface area contributed by atoms with E-state index in [0.717, 1.165) is 6.20 Å². The Bertz CT molecular complexity index is 968. The van der Waals surface area contributed by atoms with Crippen LogP contribution in [0.5, 0.6) is 0 Å². The van der Waals surface area contributed by atoms with Gasteiger partial charge < -0.3 is 15.4 Å². The summed E-state index contributed by atoms with van der Waals surface area (Å²) < 4.78 is 14.0. The number of nitrogens with zero attached hydrogens (tertiary/aromatic N) is 3. The number of hydrogen-bond donors (Lipinski definition) is 3. The van der Waals surface area contributed by atoms with Crippen molar-refractivity contribution in [1.29, 1.82) is 0 Å². The zero-order valence-corrected chi connectivity index (χ0v) is 14.4. The molecule has 130 valence electrons. The molecule has 0 aliphatic heterocycles. The molecule has 1 aromatic carbocycles. The molecule has 2 aromatic heterocycles. The summed E-state index contributed by atoms with van der Waals surface area (Å²) in [4.78, 5) is 26.6. The van der Waals surface area contributed by atoms with Gasteiger partial charge in [-0.3, -0.25) is 4.79 Å². The highest BCUT2D eigenvalue weighted by molar-refractivity contribution is 7.98. The van der Waals surface area contributed by atoms with Gasteiger partial charge in [0.2, 0.25) is 0 Å². The Morgan fingerprint density at radius 2 is 2.20 bits per heavy atom. The second kappa shape index (κ2) is 7.77. The molecule has 10 heteroatoms. The van der Waals surface area contributed by atoms with E-state index < -0.39 is 11.4 Å². The van der Waals surface area contributed by atoms with Gasteiger partial charge in [0.1, 0.15) is 11.3 Å². The number of aliphatic hydroxyl groups is 1. The van der Waals surface area contributed by atoms with Crippen molar-refractivity contribution < 1.29 is 9.50 Å². The van der Waals surface area contributed by atoms with Crippen molar-refractivity contribution in [3.8, 4) is 0 Å². The van der Waals surface area contributed by atoms with Crippen molar-refractivity contribution in [3.63, 3.8) is 0 Å². The topological polar surface area (TPSA) is 104 Å². The number of nitrogens with one attached hydrogen (secondary N) is 2. The number of aliphatic hydroxyl groups excluding tert-OH is 1. The van der Waals surface area contributed by atoms with Gasteiger partial charge >= 0.3 is 0 Å². The minimum absolute atomic E-state index is 0.0522. The maximum Gasteiger partial charge on any atom is 0.268 e. The SMILES string of the molecule is O=c1cnc2c(NCCO)nc(SCc3cccc(Cl)c3F)nc2[nH]1. The van der Waals surface area contributed by atoms with Gasteiger partial charge in [-0.1, -0.05) is 35.5 Å². The highest BCUT2D eigenvalue weighted by Crippen LogP contribution is 2.27. The first-order chi connectivity index (χ1) is 12.1. The van der Waals surface area contributed by atoms with Crippen molar-refractivity contribution in [2.24, 2.45) is 0 Å². The predicted molar refractivity (Wildman–Crippen MR) is 94.5 cm³/mol. The van der Waals surface area contributed by atoms with Crippen LogP contribution in [0.3, 0.4) is 0 Å². The number of halogens is 2. The molecule has 0 aliphatic carbocycles. The molecule has 25 heavy (non-hydrogen) atoms. The number of thioether (sulfide) groups is 1. The summed E-state index contributed by atoms with van der Waals surface area (Å²) in [5.41, 5.74) is 0.672. The van der Waals surface area contributed by atoms with Crippen LogP contribution in [-0.4, -0.2) is 38.2 Å². The van der Waals surface area contributed by atoms with Crippen LogP contribution < -0.4 is 10.9 Å². The Morgan fingerprint density at radius 1 is 1.36 bits per heavy atom. The molecule has 7 nitrogen and oxygen atoms in total. The number of aromatic amines is 1. The maximum atomic E-state index is 14.0. The normalized spacial score (nSPS) is 11.0. The van der Waals surface area contributed by atoms with Gasteiger partial charge in [-0.15, -0.1) is 0 Å². The van der Waals surface area contributed by atoms with E-state index in [-0.39, 0.29) is 29.6 Å². The first-order valence-electron chi connectivity index (χ1n) is 7.26. The highest BCUT2D eigenvalue weighted by atomic mass is 35.5. The zero-order valence-electron chi connectivity index (χ0n) is 12.8. The second-order valence-corrected chi connectivity index (χ2v) is 6.30. The van der Waals surface area contributed by atoms with Gasteiger partial charge in [0, 0.05) is 12.3 Å². The molecule has 0 aliphatic rings. The number of fused-ring (bicyclic) bond motifs is 1. The van der Waals surface area contributed by atoms with Gasteiger partial charge in [0.25, 0.3) is 5.56 Å². The summed E-state index contributed by atoms with van der Waals surface area (Å²) in [7, 11) is 0. The zero-order chi connectivity index (χ0) is 17.8. The summed E-state index contributed by atoms with van der Waals surface area (Å²) in [6, 6.07) is 4.77. The molecule has 0 spiro atoms. The largest absolute Gasteiger partial charge is 0.395 e. The molecular weight excluding hydrogens is 369 g/mol. The average Bonchev–Trinajstić information content (AvgIpc) is 2.60. The minimum atomic E-state index is -0.480. The van der Waals surface area contributed by atoms with E-state index >= 15 is 0 Å². The summed E-state index contributed by atoms with van der Waals surface area (Å²) in [6.45, 7) is 0.172. The lowest BCUT2D eigenvalue weighted by molar-refractivity contribution is 0.311. The molecule has 0 radical (unpaired) electrons. The molecule has 0 saturated carbocycles. The lowest BCUT2D eigenvalue weighted by Crippen LogP contribution is -2.12. The van der Waals surface area contributed by atoms with Crippen molar-refractivity contribution in [1.82, 2.24) is 19.9 Å². The van der Waals surface area contributed by atoms with E-state index in [1.54, 1.807) is 12.1 Å². The van der Waals surface area contributed by atoms with Crippen LogP contribution >= 0.6 is 23.4 Å². The smallest absolute Gasteiger partial charge is 0.268 e. The fraction of sp³-hybridized carbons (Fsp3) is 0.200. The molecule has 3 aromatic rings. The van der Waals surface area contributed by atoms with E-state index in [2.05, 4.69) is 25.3 Å². The standard InChI is InChI=1S/C15H13ClFN5O2S/c16-9-3-1-2-8(11(9)17)7-25-15-21-13(18-4-5-23)12-14(22-15)20-10(24)6-19-12/h1-3,6,23H,4-5,7H2,(H2,18,20,21,22,24). The fourth-order valence-electron chi connectivity index (χ4n) is 2.08. The molecule has 3 N–H and O–H groups in total. The van der Waals surface area contributed by atoms with Gasteiger partial charge in [-0.25, -0.2) is 19.3 Å². The lowest BCUT2D eigenvalue weighted by Gasteiger charge is -2.09. The molecular formula is C15H13ClFN5O2S. The molecule has 2 heterocycles. The van der Waals surface area contributed by atoms with Crippen LogP contribution in [-0.2, 0) is 5.75 Å². The van der Waals surface area contributed by atoms with Crippen LogP contribution in [0.25, 0.3) is 11.2 Å². The Morgan fingerprint density at radius 3 is 3.00 bits per heavy atom. The summed E-state index contributed by atoms with van der Waals surface area (Å²) in [5, 5.41) is 12.3. The number of anilines is 1. The Balaban J connectivity index is 1.92. The van der Waals surface area contributed by atoms with E-state index in [1.165, 1.54) is 17.8 Å². The fourth-order valence-corrected chi connectivity index (χ4v) is 3.09. The van der Waals surface area contributed by atoms with Crippen molar-refractivity contribution in [2.75, 3.05) is 18.5 Å². The maximum absolute atomic E-state index is 14.0. The molecule has 0 bridgehead atoms. The van der Waals surface area contributed by atoms with Crippen molar-refractivity contribution >= 4 is 40.3 Å². The lowest BCUT2D eigenvalue weighted by atomic mass is 10.2. The van der Waals surface area contributed by atoms with E-state index in [1.807, 2.05) is 0 Å².